The van der Waals surface area contributed by atoms with E-state index in [0.29, 0.717) is 17.2 Å². The Hall–Kier alpha value is -4.29. The van der Waals surface area contributed by atoms with E-state index < -0.39 is 28.4 Å². The molecule has 0 fully saturated rings. The van der Waals surface area contributed by atoms with Crippen LogP contribution in [0.25, 0.3) is 0 Å². The van der Waals surface area contributed by atoms with E-state index in [1.165, 1.54) is 62.8 Å². The van der Waals surface area contributed by atoms with Gasteiger partial charge in [-0.1, -0.05) is 17.7 Å². The van der Waals surface area contributed by atoms with Crippen molar-refractivity contribution in [3.05, 3.63) is 70.7 Å². The van der Waals surface area contributed by atoms with Gasteiger partial charge in [0.1, 0.15) is 17.2 Å². The maximum Gasteiger partial charge on any atom is 0.338 e. The van der Waals surface area contributed by atoms with Gasteiger partial charge in [0, 0.05) is 11.6 Å². The number of fused-ring (bicyclic) bond motifs is 1. The van der Waals surface area contributed by atoms with Crippen molar-refractivity contribution >= 4 is 50.7 Å². The summed E-state index contributed by atoms with van der Waals surface area (Å²) >= 11 is 6.12. The number of carbonyl (C=O) groups excluding carboxylic acids is 3. The highest BCUT2D eigenvalue weighted by Crippen LogP contribution is 2.37. The number of methoxy groups -OCH3 is 2. The topological polar surface area (TPSA) is 146 Å². The van der Waals surface area contributed by atoms with E-state index in [0.717, 1.165) is 6.07 Å². The van der Waals surface area contributed by atoms with Crippen LogP contribution in [-0.2, 0) is 19.6 Å². The molecule has 198 valence electrons. The Morgan fingerprint density at radius 1 is 1.03 bits per heavy atom. The first kappa shape index (κ1) is 26.8. The van der Waals surface area contributed by atoms with Crippen LogP contribution in [0.15, 0.2) is 59.5 Å². The average Bonchev–Trinajstić information content (AvgIpc) is 2.91. The number of ether oxygens (including phenoxy) is 4. The van der Waals surface area contributed by atoms with Crippen molar-refractivity contribution < 1.29 is 41.7 Å². The summed E-state index contributed by atoms with van der Waals surface area (Å²) in [5, 5.41) is 2.75. The first-order valence-electron chi connectivity index (χ1n) is 10.9. The fourth-order valence-corrected chi connectivity index (χ4v) is 4.84. The van der Waals surface area contributed by atoms with Gasteiger partial charge >= 0.3 is 5.97 Å². The monoisotopic (exact) mass is 560 g/mol. The molecular formula is C25H21ClN2O9S. The van der Waals surface area contributed by atoms with Gasteiger partial charge in [-0.05, 0) is 42.5 Å². The van der Waals surface area contributed by atoms with Gasteiger partial charge < -0.3 is 24.3 Å². The van der Waals surface area contributed by atoms with Crippen LogP contribution in [-0.4, -0.2) is 53.5 Å². The maximum atomic E-state index is 13.0. The number of esters is 1. The zero-order valence-corrected chi connectivity index (χ0v) is 21.6. The molecule has 3 aromatic carbocycles. The van der Waals surface area contributed by atoms with Crippen molar-refractivity contribution in [3.8, 4) is 17.2 Å². The van der Waals surface area contributed by atoms with Crippen LogP contribution >= 0.6 is 11.6 Å². The molecule has 0 aliphatic carbocycles. The molecule has 0 spiro atoms. The van der Waals surface area contributed by atoms with E-state index in [4.69, 9.17) is 30.5 Å². The molecule has 3 aromatic rings. The van der Waals surface area contributed by atoms with Crippen LogP contribution < -0.4 is 24.2 Å². The predicted molar refractivity (Wildman–Crippen MR) is 137 cm³/mol. The minimum atomic E-state index is -4.18. The number of amides is 1. The Labute approximate surface area is 222 Å². The third kappa shape index (κ3) is 5.82. The molecule has 0 unspecified atom stereocenters. The second-order valence-corrected chi connectivity index (χ2v) is 9.96. The Kier molecular flexibility index (Phi) is 7.74. The second kappa shape index (κ2) is 11.0. The van der Waals surface area contributed by atoms with Crippen molar-refractivity contribution in [1.29, 1.82) is 0 Å². The van der Waals surface area contributed by atoms with Gasteiger partial charge in [0.05, 0.1) is 41.1 Å². The number of nitrogens with one attached hydrogen (secondary N) is 2. The molecular weight excluding hydrogens is 540 g/mol. The second-order valence-electron chi connectivity index (χ2n) is 7.87. The Morgan fingerprint density at radius 3 is 2.53 bits per heavy atom. The van der Waals surface area contributed by atoms with Crippen LogP contribution in [0.5, 0.6) is 17.2 Å². The molecule has 2 N–H and O–H groups in total. The highest BCUT2D eigenvalue weighted by atomic mass is 35.5. The number of ketones is 1. The van der Waals surface area contributed by atoms with Crippen molar-refractivity contribution in [2.24, 2.45) is 0 Å². The van der Waals surface area contributed by atoms with E-state index in [9.17, 15) is 22.8 Å². The van der Waals surface area contributed by atoms with Crippen LogP contribution in [0.4, 0.5) is 11.4 Å². The van der Waals surface area contributed by atoms with Crippen LogP contribution in [0.1, 0.15) is 20.7 Å². The first-order chi connectivity index (χ1) is 18.1. The van der Waals surface area contributed by atoms with Crippen LogP contribution in [0.3, 0.4) is 0 Å². The van der Waals surface area contributed by atoms with E-state index in [1.54, 1.807) is 0 Å². The minimum Gasteiger partial charge on any atom is -0.495 e. The summed E-state index contributed by atoms with van der Waals surface area (Å²) in [6, 6.07) is 12.3. The highest BCUT2D eigenvalue weighted by molar-refractivity contribution is 7.92. The maximum absolute atomic E-state index is 13.0. The molecule has 0 bridgehead atoms. The number of halogens is 1. The van der Waals surface area contributed by atoms with E-state index >= 15 is 0 Å². The summed E-state index contributed by atoms with van der Waals surface area (Å²) in [5.41, 5.74) is 0.489. The lowest BCUT2D eigenvalue weighted by molar-refractivity contribution is -0.118. The Morgan fingerprint density at radius 2 is 1.79 bits per heavy atom. The summed E-state index contributed by atoms with van der Waals surface area (Å²) in [7, 11) is -1.42. The van der Waals surface area contributed by atoms with E-state index in [2.05, 4.69) is 10.0 Å². The number of Topliss-reactive ketones (excluding diaryl/α,β-unsaturated/α-hetero) is 1. The molecule has 0 atom stereocenters. The largest absolute Gasteiger partial charge is 0.495 e. The molecule has 0 radical (unpaired) electrons. The van der Waals surface area contributed by atoms with Gasteiger partial charge in [0.2, 0.25) is 0 Å². The molecule has 13 heteroatoms. The SMILES string of the molecule is COc1cc(OC)c(NS(=O)(=O)c2cccc(C(=O)OCC(=O)c3ccc4c(c3)NC(=O)CO4)c2)cc1Cl. The van der Waals surface area contributed by atoms with Gasteiger partial charge in [0.25, 0.3) is 15.9 Å². The summed E-state index contributed by atoms with van der Waals surface area (Å²) in [5.74, 6) is -0.924. The minimum absolute atomic E-state index is 0.0588. The normalized spacial score (nSPS) is 12.4. The zero-order valence-electron chi connectivity index (χ0n) is 20.1. The van der Waals surface area contributed by atoms with Crippen LogP contribution in [0, 0.1) is 0 Å². The van der Waals surface area contributed by atoms with E-state index in [1.807, 2.05) is 0 Å². The number of hydrogen-bond acceptors (Lipinski definition) is 9. The number of anilines is 2. The fraction of sp³-hybridized carbons (Fsp3) is 0.160. The Bertz CT molecular complexity index is 1540. The Balaban J connectivity index is 1.46. The standard InChI is InChI=1S/C25H21ClN2O9S/c1-34-22-11-23(35-2)19(10-17(22)26)28-38(32,33)16-5-3-4-15(8-16)25(31)37-12-20(29)14-6-7-21-18(9-14)27-24(30)13-36-21/h3-11,28H,12-13H2,1-2H3,(H,27,30). The quantitative estimate of drug-likeness (QED) is 0.296. The molecule has 11 nitrogen and oxygen atoms in total. The predicted octanol–water partition coefficient (Wildman–Crippen LogP) is 3.53. The average molecular weight is 561 g/mol. The highest BCUT2D eigenvalue weighted by Gasteiger charge is 2.22. The molecule has 1 aliphatic rings. The number of sulfonamides is 1. The number of hydrogen-bond donors (Lipinski definition) is 2. The zero-order chi connectivity index (χ0) is 27.4. The van der Waals surface area contributed by atoms with Crippen molar-refractivity contribution in [3.63, 3.8) is 0 Å². The number of rotatable bonds is 9. The molecule has 4 rings (SSSR count). The summed E-state index contributed by atoms with van der Waals surface area (Å²) in [4.78, 5) is 36.4. The number of benzene rings is 3. The third-order valence-corrected chi connectivity index (χ3v) is 7.03. The first-order valence-corrected chi connectivity index (χ1v) is 12.8. The van der Waals surface area contributed by atoms with Crippen molar-refractivity contribution in [1.82, 2.24) is 0 Å². The molecule has 0 saturated carbocycles. The summed E-state index contributed by atoms with van der Waals surface area (Å²) in [6.45, 7) is -0.729. The van der Waals surface area contributed by atoms with Crippen molar-refractivity contribution in [2.45, 2.75) is 4.90 Å². The van der Waals surface area contributed by atoms with E-state index in [-0.39, 0.29) is 45.0 Å². The lowest BCUT2D eigenvalue weighted by atomic mass is 10.1. The molecule has 1 heterocycles. The molecule has 1 aliphatic heterocycles. The molecule has 1 amide bonds. The number of carbonyl (C=O) groups is 3. The molecule has 38 heavy (non-hydrogen) atoms. The summed E-state index contributed by atoms with van der Waals surface area (Å²) in [6.07, 6.45) is 0. The van der Waals surface area contributed by atoms with Gasteiger partial charge in [-0.3, -0.25) is 14.3 Å². The third-order valence-electron chi connectivity index (χ3n) is 5.37. The fourth-order valence-electron chi connectivity index (χ4n) is 3.49. The van der Waals surface area contributed by atoms with Gasteiger partial charge in [-0.25, -0.2) is 13.2 Å². The van der Waals surface area contributed by atoms with Crippen molar-refractivity contribution in [2.75, 3.05) is 37.5 Å². The van der Waals surface area contributed by atoms with Gasteiger partial charge in [-0.15, -0.1) is 0 Å². The molecule has 0 aromatic heterocycles. The van der Waals surface area contributed by atoms with Gasteiger partial charge in [0.15, 0.2) is 19.0 Å². The lowest BCUT2D eigenvalue weighted by Crippen LogP contribution is -2.25. The molecule has 0 saturated heterocycles. The lowest BCUT2D eigenvalue weighted by Gasteiger charge is -2.18. The smallest absolute Gasteiger partial charge is 0.338 e. The van der Waals surface area contributed by atoms with Gasteiger partial charge in [-0.2, -0.15) is 0 Å². The summed E-state index contributed by atoms with van der Waals surface area (Å²) < 4.78 is 49.1. The van der Waals surface area contributed by atoms with Crippen LogP contribution in [0.2, 0.25) is 5.02 Å².